The topological polar surface area (TPSA) is 102 Å². The molecule has 0 bridgehead atoms. The van der Waals surface area contributed by atoms with Gasteiger partial charge in [-0.15, -0.1) is 0 Å². The molecule has 1 saturated heterocycles. The van der Waals surface area contributed by atoms with Crippen LogP contribution in [0.25, 0.3) is 11.0 Å². The maximum absolute atomic E-state index is 12.3. The van der Waals surface area contributed by atoms with Gasteiger partial charge in [-0.05, 0) is 12.5 Å². The van der Waals surface area contributed by atoms with Crippen LogP contribution in [-0.4, -0.2) is 82.7 Å². The predicted molar refractivity (Wildman–Crippen MR) is 130 cm³/mol. The van der Waals surface area contributed by atoms with Gasteiger partial charge >= 0.3 is 147 Å². The van der Waals surface area contributed by atoms with E-state index in [1.807, 2.05) is 44.3 Å². The SMILES string of the molecule is CCc1cc2ncc(CN3CCN(c4ccc([C](=O)[Sn][C@H](C)CO)nc4)CC3)cc2[nH]c1=O. The molecule has 1 atom stereocenters. The van der Waals surface area contributed by atoms with Crippen LogP contribution in [-0.2, 0) is 13.0 Å². The van der Waals surface area contributed by atoms with Gasteiger partial charge in [0, 0.05) is 5.56 Å². The van der Waals surface area contributed by atoms with Crippen molar-refractivity contribution >= 4 is 41.7 Å². The molecule has 1 aliphatic heterocycles. The summed E-state index contributed by atoms with van der Waals surface area (Å²) in [6.45, 7) is 8.33. The Kier molecular flexibility index (Phi) is 7.77. The van der Waals surface area contributed by atoms with Gasteiger partial charge in [0.1, 0.15) is 0 Å². The first kappa shape index (κ1) is 23.8. The fourth-order valence-corrected chi connectivity index (χ4v) is 6.37. The van der Waals surface area contributed by atoms with Gasteiger partial charge in [-0.1, -0.05) is 6.92 Å². The number of aliphatic hydroxyl groups excluding tert-OH is 1. The number of anilines is 1. The van der Waals surface area contributed by atoms with E-state index in [2.05, 4.69) is 24.8 Å². The van der Waals surface area contributed by atoms with E-state index in [9.17, 15) is 14.7 Å². The van der Waals surface area contributed by atoms with E-state index < -0.39 is 21.1 Å². The minimum Gasteiger partial charge on any atom is -0.320 e. The summed E-state index contributed by atoms with van der Waals surface area (Å²) in [6.07, 6.45) is 4.38. The second-order valence-corrected chi connectivity index (χ2v) is 13.4. The fourth-order valence-electron chi connectivity index (χ4n) is 3.99. The number of H-pyrrole nitrogens is 1. The molecule has 8 nitrogen and oxygen atoms in total. The number of rotatable bonds is 8. The maximum atomic E-state index is 12.3. The van der Waals surface area contributed by atoms with Crippen molar-refractivity contribution in [2.75, 3.05) is 37.7 Å². The zero-order valence-electron chi connectivity index (χ0n) is 19.0. The first-order valence-electron chi connectivity index (χ1n) is 11.3. The third-order valence-electron chi connectivity index (χ3n) is 5.98. The van der Waals surface area contributed by atoms with E-state index >= 15 is 0 Å². The van der Waals surface area contributed by atoms with E-state index in [4.69, 9.17) is 0 Å². The van der Waals surface area contributed by atoms with Crippen LogP contribution in [0.1, 0.15) is 35.5 Å². The standard InChI is InChI=1S/C21H22N5O2.C3H7O.Sn/c1-2-16-10-19-20(24-21(16)28)9-15(11-23-19)13-25-5-7-26(8-6-25)18-4-3-17(14-27)22-12-18;1-2-3-4;/h3-4,9-12H,2,5-8,13H2,1H3,(H,24,28);2,4H,3H2,1H3;. The molecule has 0 saturated carbocycles. The van der Waals surface area contributed by atoms with Crippen molar-refractivity contribution in [1.29, 1.82) is 0 Å². The molecule has 4 heterocycles. The number of nitrogens with zero attached hydrogens (tertiary/aromatic N) is 4. The van der Waals surface area contributed by atoms with Gasteiger partial charge in [-0.3, -0.25) is 9.78 Å². The molecule has 1 aliphatic rings. The van der Waals surface area contributed by atoms with Crippen LogP contribution in [0.15, 0.2) is 41.5 Å². The molecule has 3 aromatic heterocycles. The second kappa shape index (κ2) is 10.8. The number of piperazine rings is 1. The van der Waals surface area contributed by atoms with Crippen LogP contribution in [0.2, 0.25) is 3.93 Å². The molecular weight excluding hydrogens is 525 g/mol. The predicted octanol–water partition coefficient (Wildman–Crippen LogP) is 1.85. The van der Waals surface area contributed by atoms with Crippen molar-refractivity contribution in [2.45, 2.75) is 30.7 Å². The molecular formula is C24H29N5O3Sn. The van der Waals surface area contributed by atoms with Crippen LogP contribution in [0, 0.1) is 0 Å². The summed E-state index contributed by atoms with van der Waals surface area (Å²) < 4.78 is 0.246. The van der Waals surface area contributed by atoms with Crippen molar-refractivity contribution < 1.29 is 9.90 Å². The molecule has 172 valence electrons. The quantitative estimate of drug-likeness (QED) is 0.410. The van der Waals surface area contributed by atoms with Crippen LogP contribution in [0.3, 0.4) is 0 Å². The number of aryl methyl sites for hydroxylation is 1. The van der Waals surface area contributed by atoms with E-state index in [0.29, 0.717) is 12.1 Å². The minimum absolute atomic E-state index is 0.0373. The number of carbonyl (C=O) groups is 1. The van der Waals surface area contributed by atoms with Crippen molar-refractivity contribution in [2.24, 2.45) is 0 Å². The summed E-state index contributed by atoms with van der Waals surface area (Å²) in [4.78, 5) is 41.0. The van der Waals surface area contributed by atoms with E-state index in [-0.39, 0.29) is 19.9 Å². The Morgan fingerprint density at radius 3 is 2.64 bits per heavy atom. The monoisotopic (exact) mass is 555 g/mol. The second-order valence-electron chi connectivity index (χ2n) is 8.48. The van der Waals surface area contributed by atoms with Gasteiger partial charge in [0.05, 0.1) is 11.0 Å². The number of aliphatic hydroxyl groups is 1. The molecule has 1 fully saturated rings. The summed E-state index contributed by atoms with van der Waals surface area (Å²) in [5.41, 5.74) is 4.97. The number of aromatic amines is 1. The summed E-state index contributed by atoms with van der Waals surface area (Å²) in [7, 11) is 0. The number of aromatic nitrogens is 3. The van der Waals surface area contributed by atoms with Crippen LogP contribution in [0.5, 0.6) is 0 Å². The van der Waals surface area contributed by atoms with Crippen molar-refractivity contribution in [3.05, 3.63) is 63.8 Å². The average molecular weight is 554 g/mol. The normalized spacial score (nSPS) is 15.7. The third-order valence-corrected chi connectivity index (χ3v) is 9.39. The Labute approximate surface area is 203 Å². The Hall–Kier alpha value is -2.30. The minimum atomic E-state index is -1.32. The molecule has 2 N–H and O–H groups in total. The van der Waals surface area contributed by atoms with Gasteiger partial charge in [0.15, 0.2) is 0 Å². The molecule has 3 aromatic rings. The first-order chi connectivity index (χ1) is 16.0. The number of nitrogens with one attached hydrogen (secondary N) is 1. The Morgan fingerprint density at radius 2 is 1.97 bits per heavy atom. The fraction of sp³-hybridized carbons (Fsp3) is 0.417. The van der Waals surface area contributed by atoms with E-state index in [1.54, 1.807) is 6.20 Å². The Balaban J connectivity index is 1.34. The van der Waals surface area contributed by atoms with Gasteiger partial charge < -0.3 is 4.98 Å². The Morgan fingerprint density at radius 1 is 1.18 bits per heavy atom. The van der Waals surface area contributed by atoms with Crippen molar-refractivity contribution in [3.8, 4) is 0 Å². The number of fused-ring (bicyclic) bond motifs is 1. The molecule has 0 aliphatic carbocycles. The van der Waals surface area contributed by atoms with E-state index in [0.717, 1.165) is 60.6 Å². The number of pyridine rings is 3. The van der Waals surface area contributed by atoms with Crippen molar-refractivity contribution in [3.63, 3.8) is 0 Å². The molecule has 9 heteroatoms. The molecule has 33 heavy (non-hydrogen) atoms. The zero-order valence-corrected chi connectivity index (χ0v) is 21.9. The molecule has 0 unspecified atom stereocenters. The summed E-state index contributed by atoms with van der Waals surface area (Å²) in [5, 5.41) is 9.18. The first-order valence-corrected chi connectivity index (χ1v) is 14.4. The smallest absolute Gasteiger partial charge is 0.320 e. The van der Waals surface area contributed by atoms with Crippen molar-refractivity contribution in [1.82, 2.24) is 19.9 Å². The summed E-state index contributed by atoms with van der Waals surface area (Å²) in [5.74, 6) is 0. The molecule has 2 radical (unpaired) electrons. The zero-order chi connectivity index (χ0) is 23.4. The molecule has 0 spiro atoms. The average Bonchev–Trinajstić information content (AvgIpc) is 2.84. The van der Waals surface area contributed by atoms with Gasteiger partial charge in [0.25, 0.3) is 5.56 Å². The number of hydrogen-bond acceptors (Lipinski definition) is 7. The van der Waals surface area contributed by atoms with Crippen LogP contribution < -0.4 is 10.5 Å². The van der Waals surface area contributed by atoms with Gasteiger partial charge in [-0.2, -0.15) is 0 Å². The molecule has 4 rings (SSSR count). The van der Waals surface area contributed by atoms with Crippen LogP contribution in [0.4, 0.5) is 5.69 Å². The molecule has 0 amide bonds. The van der Waals surface area contributed by atoms with Gasteiger partial charge in [0.2, 0.25) is 0 Å². The number of carbonyl (C=O) groups excluding carboxylic acids is 1. The summed E-state index contributed by atoms with van der Waals surface area (Å²) in [6, 6.07) is 7.70. The molecule has 0 aromatic carbocycles. The third kappa shape index (κ3) is 5.80. The Bertz CT molecular complexity index is 1170. The number of hydrogen-bond donors (Lipinski definition) is 2. The summed E-state index contributed by atoms with van der Waals surface area (Å²) >= 11 is -1.32. The van der Waals surface area contributed by atoms with Crippen LogP contribution >= 0.6 is 0 Å². The van der Waals surface area contributed by atoms with Gasteiger partial charge in [-0.25, -0.2) is 0 Å². The van der Waals surface area contributed by atoms with E-state index in [1.165, 1.54) is 0 Å².